The summed E-state index contributed by atoms with van der Waals surface area (Å²) in [5.41, 5.74) is 0.861. The van der Waals surface area contributed by atoms with Crippen LogP contribution in [-0.2, 0) is 5.41 Å². The molecular weight excluding hydrogens is 253 g/mol. The Kier molecular flexibility index (Phi) is 4.63. The molecule has 20 heavy (non-hydrogen) atoms. The zero-order valence-electron chi connectivity index (χ0n) is 12.6. The van der Waals surface area contributed by atoms with E-state index in [-0.39, 0.29) is 11.2 Å². The SMILES string of the molecule is CN=C(NCC(C)(C)c1cccc(F)c1)N1CCCC1. The molecule has 3 nitrogen and oxygen atoms in total. The number of guanidine groups is 1. The Morgan fingerprint density at radius 3 is 2.65 bits per heavy atom. The molecule has 1 fully saturated rings. The molecule has 0 atom stereocenters. The van der Waals surface area contributed by atoms with E-state index < -0.39 is 0 Å². The molecule has 0 spiro atoms. The van der Waals surface area contributed by atoms with Gasteiger partial charge < -0.3 is 10.2 Å². The highest BCUT2D eigenvalue weighted by molar-refractivity contribution is 5.80. The van der Waals surface area contributed by atoms with Gasteiger partial charge in [-0.3, -0.25) is 4.99 Å². The third kappa shape index (κ3) is 3.50. The van der Waals surface area contributed by atoms with Crippen LogP contribution in [-0.4, -0.2) is 37.5 Å². The van der Waals surface area contributed by atoms with E-state index in [1.54, 1.807) is 12.1 Å². The number of nitrogens with one attached hydrogen (secondary N) is 1. The van der Waals surface area contributed by atoms with Crippen LogP contribution < -0.4 is 5.32 Å². The highest BCUT2D eigenvalue weighted by atomic mass is 19.1. The maximum Gasteiger partial charge on any atom is 0.193 e. The molecule has 1 aliphatic heterocycles. The third-order valence-electron chi connectivity index (χ3n) is 3.91. The molecule has 0 amide bonds. The summed E-state index contributed by atoms with van der Waals surface area (Å²) in [7, 11) is 1.82. The first-order valence-corrected chi connectivity index (χ1v) is 7.24. The number of rotatable bonds is 3. The zero-order valence-corrected chi connectivity index (χ0v) is 12.6. The minimum absolute atomic E-state index is 0.141. The third-order valence-corrected chi connectivity index (χ3v) is 3.91. The predicted octanol–water partition coefficient (Wildman–Crippen LogP) is 2.77. The Morgan fingerprint density at radius 2 is 2.05 bits per heavy atom. The average molecular weight is 277 g/mol. The molecule has 1 N–H and O–H groups in total. The molecule has 4 heteroatoms. The molecule has 110 valence electrons. The second-order valence-electron chi connectivity index (χ2n) is 5.99. The van der Waals surface area contributed by atoms with Gasteiger partial charge in [0.25, 0.3) is 0 Å². The molecule has 0 radical (unpaired) electrons. The Balaban J connectivity index is 2.01. The van der Waals surface area contributed by atoms with Crippen molar-refractivity contribution in [3.63, 3.8) is 0 Å². The van der Waals surface area contributed by atoms with Crippen LogP contribution in [0.1, 0.15) is 32.3 Å². The summed E-state index contributed by atoms with van der Waals surface area (Å²) in [5.74, 6) is 0.770. The summed E-state index contributed by atoms with van der Waals surface area (Å²) in [6, 6.07) is 6.83. The number of nitrogens with zero attached hydrogens (tertiary/aromatic N) is 2. The van der Waals surface area contributed by atoms with Crippen molar-refractivity contribution in [1.82, 2.24) is 10.2 Å². The van der Waals surface area contributed by atoms with Crippen LogP contribution in [0, 0.1) is 5.82 Å². The maximum absolute atomic E-state index is 13.4. The predicted molar refractivity (Wildman–Crippen MR) is 81.6 cm³/mol. The number of aliphatic imine (C=N–C) groups is 1. The van der Waals surface area contributed by atoms with Crippen LogP contribution in [0.4, 0.5) is 4.39 Å². The van der Waals surface area contributed by atoms with Gasteiger partial charge in [-0.15, -0.1) is 0 Å². The first-order valence-electron chi connectivity index (χ1n) is 7.24. The Bertz CT molecular complexity index is 476. The second-order valence-corrected chi connectivity index (χ2v) is 5.99. The Morgan fingerprint density at radius 1 is 1.35 bits per heavy atom. The summed E-state index contributed by atoms with van der Waals surface area (Å²) < 4.78 is 13.4. The fourth-order valence-electron chi connectivity index (χ4n) is 2.57. The van der Waals surface area contributed by atoms with Gasteiger partial charge in [0.2, 0.25) is 0 Å². The molecular formula is C16H24FN3. The maximum atomic E-state index is 13.4. The molecule has 1 aliphatic rings. The summed E-state index contributed by atoms with van der Waals surface area (Å²) in [4.78, 5) is 6.62. The summed E-state index contributed by atoms with van der Waals surface area (Å²) in [6.45, 7) is 7.11. The summed E-state index contributed by atoms with van der Waals surface area (Å²) in [5, 5.41) is 3.42. The van der Waals surface area contributed by atoms with Crippen molar-refractivity contribution in [2.45, 2.75) is 32.1 Å². The lowest BCUT2D eigenvalue weighted by Gasteiger charge is -2.29. The lowest BCUT2D eigenvalue weighted by Crippen LogP contribution is -2.44. The average Bonchev–Trinajstić information content (AvgIpc) is 2.93. The molecule has 0 saturated carbocycles. The molecule has 0 aromatic heterocycles. The topological polar surface area (TPSA) is 27.6 Å². The second kappa shape index (κ2) is 6.25. The lowest BCUT2D eigenvalue weighted by atomic mass is 9.84. The van der Waals surface area contributed by atoms with Gasteiger partial charge >= 0.3 is 0 Å². The van der Waals surface area contributed by atoms with E-state index in [0.29, 0.717) is 0 Å². The Hall–Kier alpha value is -1.58. The standard InChI is InChI=1S/C16H24FN3/c1-16(2,13-7-6-8-14(17)11-13)12-19-15(18-3)20-9-4-5-10-20/h6-8,11H,4-5,9-10,12H2,1-3H3,(H,18,19). The zero-order chi connectivity index (χ0) is 14.6. The van der Waals surface area contributed by atoms with E-state index in [9.17, 15) is 4.39 Å². The molecule has 1 aromatic carbocycles. The number of hydrogen-bond acceptors (Lipinski definition) is 1. The van der Waals surface area contributed by atoms with Crippen molar-refractivity contribution in [2.75, 3.05) is 26.7 Å². The van der Waals surface area contributed by atoms with Gasteiger partial charge in [-0.1, -0.05) is 26.0 Å². The highest BCUT2D eigenvalue weighted by Crippen LogP contribution is 2.23. The van der Waals surface area contributed by atoms with Gasteiger partial charge in [-0.05, 0) is 30.5 Å². The summed E-state index contributed by atoms with van der Waals surface area (Å²) >= 11 is 0. The van der Waals surface area contributed by atoms with Gasteiger partial charge in [0.05, 0.1) is 0 Å². The van der Waals surface area contributed by atoms with E-state index in [1.165, 1.54) is 18.9 Å². The van der Waals surface area contributed by atoms with E-state index in [2.05, 4.69) is 29.1 Å². The van der Waals surface area contributed by atoms with Gasteiger partial charge in [-0.2, -0.15) is 0 Å². The molecule has 0 bridgehead atoms. The Labute approximate surface area is 120 Å². The first kappa shape index (κ1) is 14.8. The molecule has 1 aromatic rings. The van der Waals surface area contributed by atoms with Crippen molar-refractivity contribution in [3.05, 3.63) is 35.6 Å². The van der Waals surface area contributed by atoms with Crippen LogP contribution >= 0.6 is 0 Å². The van der Waals surface area contributed by atoms with E-state index >= 15 is 0 Å². The first-order chi connectivity index (χ1) is 9.53. The number of halogens is 1. The number of likely N-dealkylation sites (tertiary alicyclic amines) is 1. The van der Waals surface area contributed by atoms with Crippen LogP contribution in [0.2, 0.25) is 0 Å². The van der Waals surface area contributed by atoms with Crippen molar-refractivity contribution >= 4 is 5.96 Å². The van der Waals surface area contributed by atoms with Crippen LogP contribution in [0.15, 0.2) is 29.3 Å². The summed E-state index contributed by atoms with van der Waals surface area (Å²) in [6.07, 6.45) is 2.46. The minimum Gasteiger partial charge on any atom is -0.355 e. The fraction of sp³-hybridized carbons (Fsp3) is 0.562. The van der Waals surface area contributed by atoms with Gasteiger partial charge in [0.1, 0.15) is 5.82 Å². The monoisotopic (exact) mass is 277 g/mol. The molecule has 0 unspecified atom stereocenters. The quantitative estimate of drug-likeness (QED) is 0.679. The normalized spacial score (nSPS) is 16.6. The molecule has 1 heterocycles. The van der Waals surface area contributed by atoms with Crippen molar-refractivity contribution in [3.8, 4) is 0 Å². The van der Waals surface area contributed by atoms with Gasteiger partial charge in [0, 0.05) is 32.1 Å². The van der Waals surface area contributed by atoms with Gasteiger partial charge in [0.15, 0.2) is 5.96 Å². The fourth-order valence-corrected chi connectivity index (χ4v) is 2.57. The minimum atomic E-state index is -0.181. The van der Waals surface area contributed by atoms with Crippen molar-refractivity contribution < 1.29 is 4.39 Å². The van der Waals surface area contributed by atoms with E-state index in [0.717, 1.165) is 31.2 Å². The smallest absolute Gasteiger partial charge is 0.193 e. The molecule has 1 saturated heterocycles. The van der Waals surface area contributed by atoms with E-state index in [4.69, 9.17) is 0 Å². The van der Waals surface area contributed by atoms with Gasteiger partial charge in [-0.25, -0.2) is 4.39 Å². The highest BCUT2D eigenvalue weighted by Gasteiger charge is 2.23. The lowest BCUT2D eigenvalue weighted by molar-refractivity contribution is 0.457. The largest absolute Gasteiger partial charge is 0.355 e. The van der Waals surface area contributed by atoms with Crippen LogP contribution in [0.3, 0.4) is 0 Å². The van der Waals surface area contributed by atoms with Crippen LogP contribution in [0.25, 0.3) is 0 Å². The number of hydrogen-bond donors (Lipinski definition) is 1. The van der Waals surface area contributed by atoms with Crippen molar-refractivity contribution in [1.29, 1.82) is 0 Å². The van der Waals surface area contributed by atoms with Crippen LogP contribution in [0.5, 0.6) is 0 Å². The van der Waals surface area contributed by atoms with E-state index in [1.807, 2.05) is 13.1 Å². The van der Waals surface area contributed by atoms with Crippen molar-refractivity contribution in [2.24, 2.45) is 4.99 Å². The molecule has 2 rings (SSSR count). The number of benzene rings is 1. The molecule has 0 aliphatic carbocycles.